The van der Waals surface area contributed by atoms with E-state index in [1.807, 2.05) is 66.4 Å². The molecule has 2 amide bonds. The summed E-state index contributed by atoms with van der Waals surface area (Å²) in [6.07, 6.45) is 5.50. The van der Waals surface area contributed by atoms with Gasteiger partial charge in [0, 0.05) is 45.2 Å². The van der Waals surface area contributed by atoms with Crippen LogP contribution in [0.2, 0.25) is 0 Å². The molecule has 47 heavy (non-hydrogen) atoms. The minimum absolute atomic E-state index is 0.148. The highest BCUT2D eigenvalue weighted by atomic mass is 16.5. The fourth-order valence-electron chi connectivity index (χ4n) is 5.74. The van der Waals surface area contributed by atoms with Crippen molar-refractivity contribution in [3.8, 4) is 17.2 Å². The number of hydrogen-bond donors (Lipinski definition) is 1. The molecule has 0 radical (unpaired) electrons. The molecule has 254 valence electrons. The third-order valence-corrected chi connectivity index (χ3v) is 8.71. The predicted octanol–water partition coefficient (Wildman–Crippen LogP) is 5.51. The number of rotatable bonds is 17. The number of likely N-dealkylation sites (N-methyl/N-ethyl adjacent to an activating group) is 1. The van der Waals surface area contributed by atoms with Crippen LogP contribution in [0.25, 0.3) is 0 Å². The van der Waals surface area contributed by atoms with Crippen LogP contribution in [-0.4, -0.2) is 88.8 Å². The van der Waals surface area contributed by atoms with E-state index in [1.165, 1.54) is 0 Å². The number of benzene rings is 3. The first-order valence-electron chi connectivity index (χ1n) is 16.9. The van der Waals surface area contributed by atoms with Crippen molar-refractivity contribution in [2.24, 2.45) is 5.73 Å². The summed E-state index contributed by atoms with van der Waals surface area (Å²) in [4.78, 5) is 32.1. The maximum absolute atomic E-state index is 13.7. The Morgan fingerprint density at radius 3 is 2.26 bits per heavy atom. The fourth-order valence-corrected chi connectivity index (χ4v) is 5.74. The molecule has 0 aromatic heterocycles. The number of ether oxygens (including phenoxy) is 3. The van der Waals surface area contributed by atoms with Crippen molar-refractivity contribution in [1.82, 2.24) is 9.80 Å². The van der Waals surface area contributed by atoms with Gasteiger partial charge in [-0.1, -0.05) is 30.3 Å². The number of carbonyl (C=O) groups excluding carboxylic acids is 2. The molecule has 0 unspecified atom stereocenters. The largest absolute Gasteiger partial charge is 0.496 e. The highest BCUT2D eigenvalue weighted by molar-refractivity contribution is 6.06. The van der Waals surface area contributed by atoms with Gasteiger partial charge in [-0.3, -0.25) is 9.59 Å². The maximum Gasteiger partial charge on any atom is 0.258 e. The zero-order chi connectivity index (χ0) is 33.6. The molecule has 0 spiro atoms. The van der Waals surface area contributed by atoms with Crippen LogP contribution in [0.15, 0.2) is 60.7 Å². The SMILES string of the molecule is COc1cc(C(=O)N(C)c2ccc(C)cc2OCCCCCC(=O)N2CCN(C)CC2)ccc1CCc1ccccc1OCCCN. The number of hydrogen-bond acceptors (Lipinski definition) is 7. The maximum atomic E-state index is 13.7. The predicted molar refractivity (Wildman–Crippen MR) is 188 cm³/mol. The van der Waals surface area contributed by atoms with Crippen molar-refractivity contribution in [3.05, 3.63) is 82.9 Å². The summed E-state index contributed by atoms with van der Waals surface area (Å²) in [5, 5.41) is 0. The zero-order valence-electron chi connectivity index (χ0n) is 28.6. The van der Waals surface area contributed by atoms with Crippen LogP contribution in [0, 0.1) is 6.92 Å². The van der Waals surface area contributed by atoms with Gasteiger partial charge in [0.2, 0.25) is 5.91 Å². The molecule has 1 aliphatic heterocycles. The van der Waals surface area contributed by atoms with E-state index in [2.05, 4.69) is 18.0 Å². The Labute approximate surface area is 280 Å². The smallest absolute Gasteiger partial charge is 0.258 e. The number of para-hydroxylation sites is 1. The molecule has 4 rings (SSSR count). The minimum atomic E-state index is -0.148. The van der Waals surface area contributed by atoms with Crippen molar-refractivity contribution >= 4 is 17.5 Å². The first kappa shape index (κ1) is 35.8. The molecule has 0 bridgehead atoms. The molecule has 1 aliphatic rings. The van der Waals surface area contributed by atoms with E-state index >= 15 is 0 Å². The van der Waals surface area contributed by atoms with Gasteiger partial charge < -0.3 is 34.6 Å². The number of piperazine rings is 1. The van der Waals surface area contributed by atoms with Gasteiger partial charge >= 0.3 is 0 Å². The summed E-state index contributed by atoms with van der Waals surface area (Å²) >= 11 is 0. The Morgan fingerprint density at radius 2 is 1.51 bits per heavy atom. The first-order valence-corrected chi connectivity index (χ1v) is 16.9. The molecule has 9 heteroatoms. The molecular formula is C38H52N4O5. The van der Waals surface area contributed by atoms with E-state index in [1.54, 1.807) is 19.1 Å². The molecule has 0 saturated carbocycles. The van der Waals surface area contributed by atoms with Gasteiger partial charge in [-0.05, 0) is 106 Å². The molecule has 2 N–H and O–H groups in total. The summed E-state index contributed by atoms with van der Waals surface area (Å²) in [6, 6.07) is 19.6. The van der Waals surface area contributed by atoms with Crippen molar-refractivity contribution in [2.45, 2.75) is 51.9 Å². The van der Waals surface area contributed by atoms with Crippen LogP contribution >= 0.6 is 0 Å². The van der Waals surface area contributed by atoms with Crippen molar-refractivity contribution < 1.29 is 23.8 Å². The van der Waals surface area contributed by atoms with E-state index in [9.17, 15) is 9.59 Å². The Morgan fingerprint density at radius 1 is 0.809 bits per heavy atom. The van der Waals surface area contributed by atoms with Crippen LogP contribution in [0.3, 0.4) is 0 Å². The molecule has 1 saturated heterocycles. The first-order chi connectivity index (χ1) is 22.8. The van der Waals surface area contributed by atoms with Gasteiger partial charge in [0.05, 0.1) is 26.0 Å². The highest BCUT2D eigenvalue weighted by Crippen LogP contribution is 2.31. The van der Waals surface area contributed by atoms with Crippen LogP contribution in [0.4, 0.5) is 5.69 Å². The van der Waals surface area contributed by atoms with Gasteiger partial charge in [0.15, 0.2) is 0 Å². The second-order valence-corrected chi connectivity index (χ2v) is 12.3. The molecule has 3 aromatic carbocycles. The molecule has 9 nitrogen and oxygen atoms in total. The number of nitrogens with two attached hydrogens (primary N) is 1. The number of carbonyl (C=O) groups is 2. The van der Waals surface area contributed by atoms with Crippen molar-refractivity contribution in [3.63, 3.8) is 0 Å². The van der Waals surface area contributed by atoms with E-state index < -0.39 is 0 Å². The highest BCUT2D eigenvalue weighted by Gasteiger charge is 2.20. The Bertz CT molecular complexity index is 1450. The van der Waals surface area contributed by atoms with E-state index in [-0.39, 0.29) is 11.8 Å². The summed E-state index contributed by atoms with van der Waals surface area (Å²) in [5.74, 6) is 2.33. The number of unbranched alkanes of at least 4 members (excludes halogenated alkanes) is 2. The molecule has 1 heterocycles. The van der Waals surface area contributed by atoms with Gasteiger partial charge in [-0.2, -0.15) is 0 Å². The lowest BCUT2D eigenvalue weighted by Gasteiger charge is -2.32. The van der Waals surface area contributed by atoms with E-state index in [0.717, 1.165) is 87.1 Å². The lowest BCUT2D eigenvalue weighted by Crippen LogP contribution is -2.47. The van der Waals surface area contributed by atoms with Gasteiger partial charge in [-0.15, -0.1) is 0 Å². The van der Waals surface area contributed by atoms with Gasteiger partial charge in [0.1, 0.15) is 17.2 Å². The summed E-state index contributed by atoms with van der Waals surface area (Å²) in [6.45, 7) is 7.24. The van der Waals surface area contributed by atoms with Crippen LogP contribution in [0.1, 0.15) is 59.2 Å². The Balaban J connectivity index is 1.32. The summed E-state index contributed by atoms with van der Waals surface area (Å²) < 4.78 is 17.9. The van der Waals surface area contributed by atoms with Crippen LogP contribution in [0.5, 0.6) is 17.2 Å². The van der Waals surface area contributed by atoms with Gasteiger partial charge in [-0.25, -0.2) is 0 Å². The Kier molecular flexibility index (Phi) is 13.9. The number of anilines is 1. The number of aryl methyl sites for hydroxylation is 3. The normalized spacial score (nSPS) is 13.3. The second kappa shape index (κ2) is 18.3. The van der Waals surface area contributed by atoms with Crippen molar-refractivity contribution in [2.75, 3.05) is 72.0 Å². The molecule has 1 fully saturated rings. The number of amides is 2. The molecular weight excluding hydrogens is 592 g/mol. The summed E-state index contributed by atoms with van der Waals surface area (Å²) in [7, 11) is 5.50. The minimum Gasteiger partial charge on any atom is -0.496 e. The molecule has 0 aliphatic carbocycles. The third kappa shape index (κ3) is 10.5. The second-order valence-electron chi connectivity index (χ2n) is 12.3. The number of nitrogens with zero attached hydrogens (tertiary/aromatic N) is 3. The monoisotopic (exact) mass is 644 g/mol. The standard InChI is InChI=1S/C38H52N4O5/c1-29-14-19-33(36(27-29)47-25-9-5-6-13-37(43)42-23-21-40(2)22-24-42)41(3)38(44)32-18-17-31(35(28-32)45-4)16-15-30-11-7-8-12-34(30)46-26-10-20-39/h7-8,11-12,14,17-19,27-28H,5-6,9-10,13,15-16,20-26,39H2,1-4H3. The fraction of sp³-hybridized carbons (Fsp3) is 0.474. The van der Waals surface area contributed by atoms with E-state index in [4.69, 9.17) is 19.9 Å². The van der Waals surface area contributed by atoms with Gasteiger partial charge in [0.25, 0.3) is 5.91 Å². The lowest BCUT2D eigenvalue weighted by molar-refractivity contribution is -0.132. The van der Waals surface area contributed by atoms with Crippen molar-refractivity contribution in [1.29, 1.82) is 0 Å². The average Bonchev–Trinajstić information content (AvgIpc) is 3.09. The van der Waals surface area contributed by atoms with Crippen LogP contribution in [-0.2, 0) is 17.6 Å². The Hall–Kier alpha value is -4.08. The van der Waals surface area contributed by atoms with Crippen LogP contribution < -0.4 is 24.8 Å². The lowest BCUT2D eigenvalue weighted by atomic mass is 10.0. The summed E-state index contributed by atoms with van der Waals surface area (Å²) in [5.41, 5.74) is 10.1. The molecule has 0 atom stereocenters. The molecule has 3 aromatic rings. The topological polar surface area (TPSA) is 97.6 Å². The quantitative estimate of drug-likeness (QED) is 0.194. The van der Waals surface area contributed by atoms with E-state index in [0.29, 0.717) is 48.9 Å². The average molecular weight is 645 g/mol. The zero-order valence-corrected chi connectivity index (χ0v) is 28.6. The third-order valence-electron chi connectivity index (χ3n) is 8.71. The number of methoxy groups -OCH3 is 1.